The molecule has 0 aromatic heterocycles. The summed E-state index contributed by atoms with van der Waals surface area (Å²) in [6.45, 7) is -0.393. The number of hydrogen-bond donors (Lipinski definition) is 0. The van der Waals surface area contributed by atoms with E-state index in [0.717, 1.165) is 12.5 Å². The van der Waals surface area contributed by atoms with Gasteiger partial charge >= 0.3 is 0 Å². The molecular weight excluding hydrogens is 280 g/mol. The summed E-state index contributed by atoms with van der Waals surface area (Å²) in [5, 5.41) is 0. The van der Waals surface area contributed by atoms with E-state index in [-0.39, 0.29) is 0 Å². The molecule has 0 spiro atoms. The molecule has 1 aromatic carbocycles. The lowest BCUT2D eigenvalue weighted by Gasteiger charge is -2.15. The smallest absolute Gasteiger partial charge is 0.265 e. The normalized spacial score (nSPS) is 14.3. The zero-order valence-electron chi connectivity index (χ0n) is 9.94. The van der Waals surface area contributed by atoms with Gasteiger partial charge in [-0.1, -0.05) is 30.3 Å². The molecule has 1 rings (SSSR count). The highest BCUT2D eigenvalue weighted by Gasteiger charge is 2.20. The predicted octanol–water partition coefficient (Wildman–Crippen LogP) is 0.680. The second kappa shape index (κ2) is 5.79. The molecule has 0 aliphatic carbocycles. The lowest BCUT2D eigenvalue weighted by molar-refractivity contribution is 0.141. The molecular formula is C10H14O6S2. The van der Waals surface area contributed by atoms with E-state index in [1.807, 2.05) is 0 Å². The SMILES string of the molecule is CS(=O)(=O)OC[C@H](OS(C)(=O)=O)c1ccccc1. The number of hydrogen-bond acceptors (Lipinski definition) is 6. The van der Waals surface area contributed by atoms with E-state index >= 15 is 0 Å². The largest absolute Gasteiger partial charge is 0.267 e. The Bertz CT molecular complexity index is 576. The van der Waals surface area contributed by atoms with Crippen molar-refractivity contribution in [2.75, 3.05) is 19.1 Å². The minimum Gasteiger partial charge on any atom is -0.267 e. The first kappa shape index (κ1) is 15.1. The first-order valence-electron chi connectivity index (χ1n) is 4.95. The van der Waals surface area contributed by atoms with Gasteiger partial charge in [-0.05, 0) is 5.56 Å². The first-order chi connectivity index (χ1) is 8.17. The van der Waals surface area contributed by atoms with Crippen molar-refractivity contribution in [3.63, 3.8) is 0 Å². The summed E-state index contributed by atoms with van der Waals surface area (Å²) in [6, 6.07) is 8.38. The van der Waals surface area contributed by atoms with Crippen molar-refractivity contribution in [2.24, 2.45) is 0 Å². The summed E-state index contributed by atoms with van der Waals surface area (Å²) in [4.78, 5) is 0. The van der Waals surface area contributed by atoms with Gasteiger partial charge in [0.1, 0.15) is 6.10 Å². The highest BCUT2D eigenvalue weighted by Crippen LogP contribution is 2.20. The topological polar surface area (TPSA) is 86.7 Å². The number of rotatable bonds is 6. The molecule has 0 aliphatic rings. The Labute approximate surface area is 107 Å². The predicted molar refractivity (Wildman–Crippen MR) is 65.9 cm³/mol. The summed E-state index contributed by atoms with van der Waals surface area (Å²) in [5.74, 6) is 0. The summed E-state index contributed by atoms with van der Waals surface area (Å²) < 4.78 is 53.4. The zero-order valence-corrected chi connectivity index (χ0v) is 11.6. The lowest BCUT2D eigenvalue weighted by atomic mass is 10.1. The molecule has 0 saturated carbocycles. The van der Waals surface area contributed by atoms with Crippen molar-refractivity contribution in [1.29, 1.82) is 0 Å². The van der Waals surface area contributed by atoms with Gasteiger partial charge in [0.2, 0.25) is 0 Å². The summed E-state index contributed by atoms with van der Waals surface area (Å²) in [5.41, 5.74) is 0.520. The average Bonchev–Trinajstić information content (AvgIpc) is 2.23. The van der Waals surface area contributed by atoms with Crippen LogP contribution in [0.25, 0.3) is 0 Å². The molecule has 0 heterocycles. The van der Waals surface area contributed by atoms with Gasteiger partial charge in [0.05, 0.1) is 19.1 Å². The van der Waals surface area contributed by atoms with Gasteiger partial charge < -0.3 is 0 Å². The van der Waals surface area contributed by atoms with Crippen LogP contribution in [-0.2, 0) is 28.6 Å². The van der Waals surface area contributed by atoms with Crippen LogP contribution in [0.1, 0.15) is 11.7 Å². The maximum absolute atomic E-state index is 11.1. The molecule has 0 unspecified atom stereocenters. The highest BCUT2D eigenvalue weighted by molar-refractivity contribution is 7.86. The standard InChI is InChI=1S/C10H14O6S2/c1-17(11,12)15-8-10(16-18(2,13)14)9-6-4-3-5-7-9/h3-7,10H,8H2,1-2H3/t10-/m0/s1. The molecule has 0 N–H and O–H groups in total. The second-order valence-corrected chi connectivity index (χ2v) is 6.93. The Balaban J connectivity index is 2.89. The third kappa shape index (κ3) is 6.10. The fourth-order valence-corrected chi connectivity index (χ4v) is 2.20. The van der Waals surface area contributed by atoms with Gasteiger partial charge in [-0.15, -0.1) is 0 Å². The Morgan fingerprint density at radius 3 is 2.00 bits per heavy atom. The maximum atomic E-state index is 11.1. The summed E-state index contributed by atoms with van der Waals surface area (Å²) in [7, 11) is -7.37. The van der Waals surface area contributed by atoms with Crippen molar-refractivity contribution < 1.29 is 25.2 Å². The Kier molecular flexibility index (Phi) is 4.85. The summed E-state index contributed by atoms with van der Waals surface area (Å²) >= 11 is 0. The van der Waals surface area contributed by atoms with Crippen molar-refractivity contribution in [1.82, 2.24) is 0 Å². The molecule has 1 atom stereocenters. The lowest BCUT2D eigenvalue weighted by Crippen LogP contribution is -2.18. The van der Waals surface area contributed by atoms with Crippen LogP contribution in [0, 0.1) is 0 Å². The van der Waals surface area contributed by atoms with Crippen LogP contribution in [0.3, 0.4) is 0 Å². The molecule has 0 aliphatic heterocycles. The summed E-state index contributed by atoms with van der Waals surface area (Å²) in [6.07, 6.45) is 0.787. The Morgan fingerprint density at radius 1 is 1.00 bits per heavy atom. The first-order valence-corrected chi connectivity index (χ1v) is 8.58. The van der Waals surface area contributed by atoms with E-state index in [1.54, 1.807) is 30.3 Å². The van der Waals surface area contributed by atoms with Crippen LogP contribution in [0.4, 0.5) is 0 Å². The molecule has 8 heteroatoms. The fourth-order valence-electron chi connectivity index (χ4n) is 1.24. The quantitative estimate of drug-likeness (QED) is 0.717. The van der Waals surface area contributed by atoms with Crippen LogP contribution in [0.15, 0.2) is 30.3 Å². The van der Waals surface area contributed by atoms with Crippen molar-refractivity contribution in [3.05, 3.63) is 35.9 Å². The molecule has 18 heavy (non-hydrogen) atoms. The van der Waals surface area contributed by atoms with E-state index in [0.29, 0.717) is 5.56 Å². The molecule has 102 valence electrons. The Hall–Kier alpha value is -0.960. The van der Waals surface area contributed by atoms with Gasteiger partial charge in [0.15, 0.2) is 0 Å². The molecule has 0 amide bonds. The van der Waals surface area contributed by atoms with Crippen LogP contribution in [0.2, 0.25) is 0 Å². The minimum atomic E-state index is -3.71. The zero-order chi connectivity index (χ0) is 13.8. The van der Waals surface area contributed by atoms with Gasteiger partial charge in [0.25, 0.3) is 20.2 Å². The monoisotopic (exact) mass is 294 g/mol. The van der Waals surface area contributed by atoms with E-state index in [2.05, 4.69) is 4.18 Å². The van der Waals surface area contributed by atoms with Crippen LogP contribution in [-0.4, -0.2) is 36.0 Å². The molecule has 0 radical (unpaired) electrons. The van der Waals surface area contributed by atoms with Crippen molar-refractivity contribution in [2.45, 2.75) is 6.10 Å². The molecule has 0 bridgehead atoms. The van der Waals surface area contributed by atoms with E-state index < -0.39 is 32.9 Å². The highest BCUT2D eigenvalue weighted by atomic mass is 32.2. The maximum Gasteiger partial charge on any atom is 0.265 e. The number of benzene rings is 1. The molecule has 0 fully saturated rings. The van der Waals surface area contributed by atoms with Crippen LogP contribution < -0.4 is 0 Å². The molecule has 1 aromatic rings. The molecule has 6 nitrogen and oxygen atoms in total. The average molecular weight is 294 g/mol. The van der Waals surface area contributed by atoms with Gasteiger partial charge in [-0.3, -0.25) is 8.37 Å². The third-order valence-corrected chi connectivity index (χ3v) is 3.04. The van der Waals surface area contributed by atoms with E-state index in [4.69, 9.17) is 4.18 Å². The second-order valence-electron chi connectivity index (χ2n) is 3.69. The van der Waals surface area contributed by atoms with Crippen molar-refractivity contribution >= 4 is 20.2 Å². The van der Waals surface area contributed by atoms with Gasteiger partial charge in [0, 0.05) is 0 Å². The van der Waals surface area contributed by atoms with Gasteiger partial charge in [-0.25, -0.2) is 0 Å². The van der Waals surface area contributed by atoms with E-state index in [9.17, 15) is 16.8 Å². The Morgan fingerprint density at radius 2 is 1.56 bits per heavy atom. The van der Waals surface area contributed by atoms with Crippen molar-refractivity contribution in [3.8, 4) is 0 Å². The third-order valence-electron chi connectivity index (χ3n) is 1.90. The minimum absolute atomic E-state index is 0.393. The van der Waals surface area contributed by atoms with Gasteiger partial charge in [-0.2, -0.15) is 16.8 Å². The van der Waals surface area contributed by atoms with Crippen LogP contribution >= 0.6 is 0 Å². The van der Waals surface area contributed by atoms with E-state index in [1.165, 1.54) is 0 Å². The molecule has 0 saturated heterocycles. The fraction of sp³-hybridized carbons (Fsp3) is 0.400. The van der Waals surface area contributed by atoms with Crippen LogP contribution in [0.5, 0.6) is 0 Å².